The minimum absolute atomic E-state index is 0.178. The summed E-state index contributed by atoms with van der Waals surface area (Å²) in [5.41, 5.74) is 5.65. The lowest BCUT2D eigenvalue weighted by Crippen LogP contribution is -2.08. The molecule has 0 radical (unpaired) electrons. The highest BCUT2D eigenvalue weighted by Gasteiger charge is 2.21. The molecule has 1 heterocycles. The van der Waals surface area contributed by atoms with Crippen LogP contribution in [0.1, 0.15) is 0 Å². The molecule has 6 heteroatoms. The number of hydrogen-bond donors (Lipinski definition) is 2. The monoisotopic (exact) mass is 178 g/mol. The Hall–Kier alpha value is -0.490. The SMILES string of the molecule is NC1=C(CS)C=NS1(=O)=O. The molecule has 56 valence electrons. The van der Waals surface area contributed by atoms with Crippen molar-refractivity contribution in [1.82, 2.24) is 0 Å². The van der Waals surface area contributed by atoms with Gasteiger partial charge >= 0.3 is 0 Å². The van der Waals surface area contributed by atoms with Gasteiger partial charge in [-0.2, -0.15) is 25.4 Å². The van der Waals surface area contributed by atoms with Crippen LogP contribution in [0.4, 0.5) is 0 Å². The van der Waals surface area contributed by atoms with Gasteiger partial charge < -0.3 is 5.73 Å². The molecule has 10 heavy (non-hydrogen) atoms. The van der Waals surface area contributed by atoms with Crippen molar-refractivity contribution in [3.63, 3.8) is 0 Å². The van der Waals surface area contributed by atoms with E-state index in [0.717, 1.165) is 0 Å². The van der Waals surface area contributed by atoms with Gasteiger partial charge in [-0.25, -0.2) is 0 Å². The summed E-state index contributed by atoms with van der Waals surface area (Å²) in [6.45, 7) is 0. The zero-order valence-corrected chi connectivity index (χ0v) is 6.69. The molecule has 2 N–H and O–H groups in total. The van der Waals surface area contributed by atoms with Crippen molar-refractivity contribution in [2.24, 2.45) is 10.1 Å². The van der Waals surface area contributed by atoms with Crippen LogP contribution in [0.15, 0.2) is 15.0 Å². The molecule has 0 aromatic carbocycles. The van der Waals surface area contributed by atoms with Gasteiger partial charge in [0.1, 0.15) is 0 Å². The van der Waals surface area contributed by atoms with Crippen LogP contribution in [0, 0.1) is 0 Å². The van der Waals surface area contributed by atoms with E-state index < -0.39 is 10.0 Å². The zero-order chi connectivity index (χ0) is 7.78. The van der Waals surface area contributed by atoms with Crippen LogP contribution in [0.25, 0.3) is 0 Å². The molecule has 0 aromatic heterocycles. The van der Waals surface area contributed by atoms with E-state index in [1.54, 1.807) is 0 Å². The van der Waals surface area contributed by atoms with Gasteiger partial charge in [0.05, 0.1) is 0 Å². The second-order valence-electron chi connectivity index (χ2n) is 1.76. The molecular weight excluding hydrogens is 172 g/mol. The first kappa shape index (κ1) is 7.62. The molecule has 4 nitrogen and oxygen atoms in total. The summed E-state index contributed by atoms with van der Waals surface area (Å²) in [5, 5.41) is -0.178. The number of sulfonamides is 1. The topological polar surface area (TPSA) is 72.5 Å². The van der Waals surface area contributed by atoms with Crippen molar-refractivity contribution in [3.8, 4) is 0 Å². The Morgan fingerprint density at radius 2 is 2.30 bits per heavy atom. The van der Waals surface area contributed by atoms with E-state index in [0.29, 0.717) is 11.3 Å². The van der Waals surface area contributed by atoms with Gasteiger partial charge in [-0.1, -0.05) is 0 Å². The van der Waals surface area contributed by atoms with E-state index in [1.807, 2.05) is 0 Å². The first-order valence-electron chi connectivity index (χ1n) is 2.48. The molecule has 1 aliphatic rings. The molecule has 0 amide bonds. The van der Waals surface area contributed by atoms with Crippen LogP contribution in [0.5, 0.6) is 0 Å². The lowest BCUT2D eigenvalue weighted by atomic mass is 10.4. The fraction of sp³-hybridized carbons (Fsp3) is 0.250. The molecule has 0 aromatic rings. The smallest absolute Gasteiger partial charge is 0.297 e. The van der Waals surface area contributed by atoms with Gasteiger partial charge in [0, 0.05) is 17.5 Å². The zero-order valence-electron chi connectivity index (χ0n) is 4.98. The Kier molecular flexibility index (Phi) is 1.74. The maximum atomic E-state index is 10.7. The molecule has 0 spiro atoms. The van der Waals surface area contributed by atoms with Gasteiger partial charge in [0.25, 0.3) is 10.0 Å². The summed E-state index contributed by atoms with van der Waals surface area (Å²) in [5.74, 6) is 0.300. The number of rotatable bonds is 1. The first-order valence-corrected chi connectivity index (χ1v) is 4.55. The van der Waals surface area contributed by atoms with Crippen molar-refractivity contribution >= 4 is 28.9 Å². The van der Waals surface area contributed by atoms with Crippen LogP contribution in [-0.4, -0.2) is 20.4 Å². The van der Waals surface area contributed by atoms with Crippen molar-refractivity contribution in [3.05, 3.63) is 10.6 Å². The molecule has 1 rings (SSSR count). The molecule has 0 aliphatic carbocycles. The van der Waals surface area contributed by atoms with Crippen LogP contribution in [0.2, 0.25) is 0 Å². The average molecular weight is 178 g/mol. The van der Waals surface area contributed by atoms with Crippen LogP contribution in [-0.2, 0) is 10.0 Å². The summed E-state index contributed by atoms with van der Waals surface area (Å²) in [6.07, 6.45) is 1.22. The third-order valence-electron chi connectivity index (χ3n) is 1.11. The van der Waals surface area contributed by atoms with Gasteiger partial charge in [0.15, 0.2) is 5.03 Å². The highest BCUT2D eigenvalue weighted by atomic mass is 32.2. The molecule has 0 bridgehead atoms. The average Bonchev–Trinajstić information content (AvgIpc) is 2.10. The highest BCUT2D eigenvalue weighted by molar-refractivity contribution is 7.94. The van der Waals surface area contributed by atoms with Crippen molar-refractivity contribution < 1.29 is 8.42 Å². The highest BCUT2D eigenvalue weighted by Crippen LogP contribution is 2.14. The van der Waals surface area contributed by atoms with E-state index in [9.17, 15) is 8.42 Å². The molecule has 0 atom stereocenters. The Balaban J connectivity index is 3.20. The quantitative estimate of drug-likeness (QED) is 0.532. The third kappa shape index (κ3) is 1.04. The third-order valence-corrected chi connectivity index (χ3v) is 2.65. The van der Waals surface area contributed by atoms with Crippen LogP contribution in [0.3, 0.4) is 0 Å². The predicted octanol–water partition coefficient (Wildman–Crippen LogP) is -0.499. The number of hydrogen-bond acceptors (Lipinski definition) is 4. The summed E-state index contributed by atoms with van der Waals surface area (Å²) >= 11 is 3.86. The van der Waals surface area contributed by atoms with Crippen LogP contribution >= 0.6 is 12.6 Å². The molecule has 0 unspecified atom stereocenters. The standard InChI is InChI=1S/C4H6N2O2S2/c5-4-3(2-9)1-6-10(4,7)8/h1,9H,2,5H2. The lowest BCUT2D eigenvalue weighted by molar-refractivity contribution is 0.604. The van der Waals surface area contributed by atoms with Gasteiger partial charge in [-0.05, 0) is 0 Å². The first-order chi connectivity index (χ1) is 4.58. The van der Waals surface area contributed by atoms with Gasteiger partial charge in [0.2, 0.25) is 0 Å². The summed E-state index contributed by atoms with van der Waals surface area (Å²) < 4.78 is 24.6. The minimum atomic E-state index is -3.51. The minimum Gasteiger partial charge on any atom is -0.388 e. The second-order valence-corrected chi connectivity index (χ2v) is 3.67. The van der Waals surface area contributed by atoms with E-state index in [-0.39, 0.29) is 5.03 Å². The van der Waals surface area contributed by atoms with Crippen molar-refractivity contribution in [1.29, 1.82) is 0 Å². The van der Waals surface area contributed by atoms with E-state index >= 15 is 0 Å². The van der Waals surface area contributed by atoms with E-state index in [2.05, 4.69) is 17.0 Å². The Morgan fingerprint density at radius 3 is 2.50 bits per heavy atom. The summed E-state index contributed by atoms with van der Waals surface area (Å²) in [6, 6.07) is 0. The van der Waals surface area contributed by atoms with Gasteiger partial charge in [-0.15, -0.1) is 0 Å². The maximum absolute atomic E-state index is 10.7. The molecule has 0 saturated heterocycles. The number of nitrogens with zero attached hydrogens (tertiary/aromatic N) is 1. The van der Waals surface area contributed by atoms with E-state index in [4.69, 9.17) is 5.73 Å². The number of thiol groups is 1. The largest absolute Gasteiger partial charge is 0.388 e. The Labute approximate surface area is 64.3 Å². The fourth-order valence-electron chi connectivity index (χ4n) is 0.538. The number of nitrogens with two attached hydrogens (primary N) is 1. The molecule has 0 saturated carbocycles. The van der Waals surface area contributed by atoms with Crippen LogP contribution < -0.4 is 5.73 Å². The molecular formula is C4H6N2O2S2. The summed E-state index contributed by atoms with van der Waals surface area (Å²) in [7, 11) is -3.51. The predicted molar refractivity (Wildman–Crippen MR) is 42.5 cm³/mol. The second kappa shape index (κ2) is 2.28. The molecule has 1 aliphatic heterocycles. The maximum Gasteiger partial charge on any atom is 0.297 e. The molecule has 0 fully saturated rings. The van der Waals surface area contributed by atoms with Crippen molar-refractivity contribution in [2.75, 3.05) is 5.75 Å². The van der Waals surface area contributed by atoms with Crippen molar-refractivity contribution in [2.45, 2.75) is 0 Å². The lowest BCUT2D eigenvalue weighted by Gasteiger charge is -1.92. The Bertz CT molecular complexity index is 301. The normalized spacial score (nSPS) is 22.1. The van der Waals surface area contributed by atoms with E-state index in [1.165, 1.54) is 6.21 Å². The fourth-order valence-corrected chi connectivity index (χ4v) is 1.73. The van der Waals surface area contributed by atoms with Gasteiger partial charge in [-0.3, -0.25) is 0 Å². The Morgan fingerprint density at radius 1 is 1.70 bits per heavy atom. The summed E-state index contributed by atoms with van der Waals surface area (Å²) in [4.78, 5) is 0.